The molecule has 0 aliphatic heterocycles. The average Bonchev–Trinajstić information content (AvgIpc) is 2.55. The lowest BCUT2D eigenvalue weighted by Crippen LogP contribution is -2.02. The zero-order valence-electron chi connectivity index (χ0n) is 12.2. The second kappa shape index (κ2) is 6.44. The van der Waals surface area contributed by atoms with Crippen LogP contribution in [0.4, 0.5) is 0 Å². The van der Waals surface area contributed by atoms with E-state index in [1.165, 1.54) is 18.2 Å². The first-order chi connectivity index (χ1) is 10.9. The maximum Gasteiger partial charge on any atom is 0.216 e. The summed E-state index contributed by atoms with van der Waals surface area (Å²) < 4.78 is -1.51. The van der Waals surface area contributed by atoms with E-state index < -0.39 is 3.79 Å². The Kier molecular flexibility index (Phi) is 4.53. The van der Waals surface area contributed by atoms with Crippen molar-refractivity contribution in [2.45, 2.75) is 10.7 Å². The van der Waals surface area contributed by atoms with E-state index in [0.29, 0.717) is 11.4 Å². The summed E-state index contributed by atoms with van der Waals surface area (Å²) in [6.45, 7) is 2.04. The van der Waals surface area contributed by atoms with Gasteiger partial charge in [0.2, 0.25) is 3.79 Å². The largest absolute Gasteiger partial charge is 0.225 e. The van der Waals surface area contributed by atoms with Crippen LogP contribution in [0, 0.1) is 6.92 Å². The Balaban J connectivity index is 2.21. The highest BCUT2D eigenvalue weighted by atomic mass is 35.6. The quantitative estimate of drug-likeness (QED) is 0.576. The van der Waals surface area contributed by atoms with Crippen molar-refractivity contribution in [2.24, 2.45) is 0 Å². The number of aryl methyl sites for hydroxylation is 1. The van der Waals surface area contributed by atoms with Crippen molar-refractivity contribution in [3.05, 3.63) is 66.2 Å². The zero-order valence-corrected chi connectivity index (χ0v) is 14.4. The average molecular weight is 365 g/mol. The third-order valence-corrected chi connectivity index (χ3v) is 4.10. The van der Waals surface area contributed by atoms with E-state index >= 15 is 0 Å². The van der Waals surface area contributed by atoms with Gasteiger partial charge in [-0.05, 0) is 24.1 Å². The molecule has 3 aromatic rings. The van der Waals surface area contributed by atoms with Gasteiger partial charge >= 0.3 is 0 Å². The van der Waals surface area contributed by atoms with Crippen molar-refractivity contribution in [3.8, 4) is 22.5 Å². The summed E-state index contributed by atoms with van der Waals surface area (Å²) in [6, 6.07) is 13.7. The SMILES string of the molecule is Cc1ccc(-c2ccc(C(Cl)(Cl)Cl)cc2-c2ncncn2)cc1. The van der Waals surface area contributed by atoms with Gasteiger partial charge in [-0.1, -0.05) is 76.8 Å². The molecule has 0 atom stereocenters. The summed E-state index contributed by atoms with van der Waals surface area (Å²) in [5.41, 5.74) is 4.55. The van der Waals surface area contributed by atoms with E-state index in [1.807, 2.05) is 25.1 Å². The number of aromatic nitrogens is 3. The fourth-order valence-electron chi connectivity index (χ4n) is 2.27. The third-order valence-electron chi connectivity index (χ3n) is 3.44. The van der Waals surface area contributed by atoms with Crippen LogP contribution >= 0.6 is 34.8 Å². The van der Waals surface area contributed by atoms with Crippen molar-refractivity contribution < 1.29 is 0 Å². The summed E-state index contributed by atoms with van der Waals surface area (Å²) in [7, 11) is 0. The predicted molar refractivity (Wildman–Crippen MR) is 94.7 cm³/mol. The van der Waals surface area contributed by atoms with E-state index in [1.54, 1.807) is 12.1 Å². The molecule has 3 nitrogen and oxygen atoms in total. The summed E-state index contributed by atoms with van der Waals surface area (Å²) in [4.78, 5) is 12.3. The topological polar surface area (TPSA) is 38.7 Å². The first-order valence-electron chi connectivity index (χ1n) is 6.86. The summed E-state index contributed by atoms with van der Waals surface area (Å²) >= 11 is 18.0. The Hall–Kier alpha value is -1.68. The normalized spacial score (nSPS) is 11.5. The Labute approximate surface area is 149 Å². The lowest BCUT2D eigenvalue weighted by molar-refractivity contribution is 1.05. The number of alkyl halides is 3. The smallest absolute Gasteiger partial charge is 0.216 e. The molecular formula is C17H12Cl3N3. The second-order valence-corrected chi connectivity index (χ2v) is 7.37. The summed E-state index contributed by atoms with van der Waals surface area (Å²) in [5, 5.41) is 0. The first kappa shape index (κ1) is 16.2. The van der Waals surface area contributed by atoms with Crippen LogP contribution in [0.1, 0.15) is 11.1 Å². The van der Waals surface area contributed by atoms with Crippen LogP contribution in [0.5, 0.6) is 0 Å². The molecule has 0 aliphatic rings. The van der Waals surface area contributed by atoms with E-state index in [0.717, 1.165) is 16.7 Å². The molecule has 2 aromatic carbocycles. The molecule has 0 radical (unpaired) electrons. The molecule has 0 saturated carbocycles. The van der Waals surface area contributed by atoms with Gasteiger partial charge in [0, 0.05) is 11.1 Å². The van der Waals surface area contributed by atoms with E-state index in [2.05, 4.69) is 27.1 Å². The molecule has 0 spiro atoms. The number of rotatable bonds is 2. The van der Waals surface area contributed by atoms with Crippen LogP contribution in [0.2, 0.25) is 0 Å². The van der Waals surface area contributed by atoms with Crippen LogP contribution in [0.25, 0.3) is 22.5 Å². The van der Waals surface area contributed by atoms with Crippen LogP contribution in [0.15, 0.2) is 55.1 Å². The van der Waals surface area contributed by atoms with Crippen LogP contribution in [-0.4, -0.2) is 15.0 Å². The number of benzene rings is 2. The summed E-state index contributed by atoms with van der Waals surface area (Å²) in [6.07, 6.45) is 2.90. The molecule has 116 valence electrons. The standard InChI is InChI=1S/C17H12Cl3N3/c1-11-2-4-12(5-3-11)14-7-6-13(17(18,19)20)8-15(14)16-22-9-21-10-23-16/h2-10H,1H3. The molecule has 1 heterocycles. The molecule has 3 rings (SSSR count). The Morgan fingerprint density at radius 1 is 0.826 bits per heavy atom. The van der Waals surface area contributed by atoms with Gasteiger partial charge in [0.05, 0.1) is 0 Å². The molecule has 6 heteroatoms. The van der Waals surface area contributed by atoms with Gasteiger partial charge in [0.1, 0.15) is 12.7 Å². The number of hydrogen-bond acceptors (Lipinski definition) is 3. The molecule has 1 aromatic heterocycles. The molecule has 0 bridgehead atoms. The Morgan fingerprint density at radius 3 is 2.09 bits per heavy atom. The molecule has 0 aliphatic carbocycles. The molecule has 23 heavy (non-hydrogen) atoms. The zero-order chi connectivity index (χ0) is 16.4. The number of halogens is 3. The van der Waals surface area contributed by atoms with Crippen molar-refractivity contribution in [2.75, 3.05) is 0 Å². The lowest BCUT2D eigenvalue weighted by Gasteiger charge is -2.15. The minimum Gasteiger partial charge on any atom is -0.225 e. The van der Waals surface area contributed by atoms with Gasteiger partial charge in [-0.2, -0.15) is 0 Å². The summed E-state index contributed by atoms with van der Waals surface area (Å²) in [5.74, 6) is 0.534. The lowest BCUT2D eigenvalue weighted by atomic mass is 9.96. The number of nitrogens with zero attached hydrogens (tertiary/aromatic N) is 3. The third kappa shape index (κ3) is 3.63. The van der Waals surface area contributed by atoms with Crippen molar-refractivity contribution >= 4 is 34.8 Å². The highest BCUT2D eigenvalue weighted by Gasteiger charge is 2.24. The Bertz CT molecular complexity index is 813. The fourth-order valence-corrected chi connectivity index (χ4v) is 2.62. The minimum absolute atomic E-state index is 0.534. The predicted octanol–water partition coefficient (Wildman–Crippen LogP) is 5.34. The van der Waals surface area contributed by atoms with Gasteiger partial charge < -0.3 is 0 Å². The molecule has 0 fully saturated rings. The first-order valence-corrected chi connectivity index (χ1v) is 7.99. The van der Waals surface area contributed by atoms with Crippen LogP contribution in [-0.2, 0) is 3.79 Å². The monoisotopic (exact) mass is 363 g/mol. The van der Waals surface area contributed by atoms with E-state index in [-0.39, 0.29) is 0 Å². The highest BCUT2D eigenvalue weighted by molar-refractivity contribution is 6.66. The van der Waals surface area contributed by atoms with Crippen LogP contribution in [0.3, 0.4) is 0 Å². The van der Waals surface area contributed by atoms with Gasteiger partial charge in [-0.3, -0.25) is 0 Å². The van der Waals surface area contributed by atoms with Crippen molar-refractivity contribution in [1.29, 1.82) is 0 Å². The van der Waals surface area contributed by atoms with Crippen molar-refractivity contribution in [1.82, 2.24) is 15.0 Å². The van der Waals surface area contributed by atoms with Gasteiger partial charge in [0.25, 0.3) is 0 Å². The molecule has 0 saturated heterocycles. The molecule has 0 unspecified atom stereocenters. The molecule has 0 N–H and O–H groups in total. The molecular weight excluding hydrogens is 353 g/mol. The number of hydrogen-bond donors (Lipinski definition) is 0. The van der Waals surface area contributed by atoms with Gasteiger partial charge in [-0.15, -0.1) is 0 Å². The Morgan fingerprint density at radius 2 is 1.48 bits per heavy atom. The second-order valence-electron chi connectivity index (χ2n) is 5.09. The van der Waals surface area contributed by atoms with E-state index in [4.69, 9.17) is 34.8 Å². The highest BCUT2D eigenvalue weighted by Crippen LogP contribution is 2.41. The van der Waals surface area contributed by atoms with Gasteiger partial charge in [0.15, 0.2) is 5.82 Å². The van der Waals surface area contributed by atoms with E-state index in [9.17, 15) is 0 Å². The van der Waals surface area contributed by atoms with Gasteiger partial charge in [-0.25, -0.2) is 15.0 Å². The van der Waals surface area contributed by atoms with Crippen LogP contribution < -0.4 is 0 Å². The minimum atomic E-state index is -1.51. The van der Waals surface area contributed by atoms with Crippen molar-refractivity contribution in [3.63, 3.8) is 0 Å². The maximum absolute atomic E-state index is 6.01. The molecule has 0 amide bonds. The maximum atomic E-state index is 6.01. The fraction of sp³-hybridized carbons (Fsp3) is 0.118.